The second-order valence-electron chi connectivity index (χ2n) is 4.21. The number of likely N-dealkylation sites (N-methyl/N-ethyl adjacent to an activating group) is 1. The molecule has 5 heteroatoms. The van der Waals surface area contributed by atoms with Crippen LogP contribution >= 0.6 is 0 Å². The number of anilines is 1. The minimum Gasteiger partial charge on any atom is -0.426 e. The van der Waals surface area contributed by atoms with Crippen LogP contribution in [0.5, 0.6) is 5.75 Å². The van der Waals surface area contributed by atoms with Crippen molar-refractivity contribution >= 4 is 11.7 Å². The smallest absolute Gasteiger partial charge is 0.296 e. The number of ether oxygens (including phenoxy) is 1. The van der Waals surface area contributed by atoms with Crippen molar-refractivity contribution in [2.75, 3.05) is 19.3 Å². The molecule has 0 aliphatic rings. The van der Waals surface area contributed by atoms with Crippen LogP contribution in [0.1, 0.15) is 13.8 Å². The molecule has 0 amide bonds. The predicted octanol–water partition coefficient (Wildman–Crippen LogP) is 1.82. The summed E-state index contributed by atoms with van der Waals surface area (Å²) in [5.74, 6) is 0.636. The number of amidine groups is 1. The summed E-state index contributed by atoms with van der Waals surface area (Å²) >= 11 is 0. The minimum absolute atomic E-state index is 0.166. The third-order valence-corrected chi connectivity index (χ3v) is 2.68. The normalized spacial score (nSPS) is 12.9. The molecular weight excluding hydrogens is 240 g/mol. The second kappa shape index (κ2) is 6.80. The van der Waals surface area contributed by atoms with Gasteiger partial charge in [0.25, 0.3) is 6.02 Å². The number of nitrogens with zero attached hydrogens (tertiary/aromatic N) is 2. The van der Waals surface area contributed by atoms with Gasteiger partial charge in [-0.2, -0.15) is 0 Å². The van der Waals surface area contributed by atoms with E-state index in [0.29, 0.717) is 24.0 Å². The van der Waals surface area contributed by atoms with Crippen molar-refractivity contribution in [3.05, 3.63) is 36.5 Å². The van der Waals surface area contributed by atoms with Crippen molar-refractivity contribution in [1.29, 1.82) is 0 Å². The summed E-state index contributed by atoms with van der Waals surface area (Å²) in [7, 11) is 1.67. The van der Waals surface area contributed by atoms with Crippen molar-refractivity contribution in [3.8, 4) is 5.75 Å². The van der Waals surface area contributed by atoms with Gasteiger partial charge < -0.3 is 16.2 Å². The molecule has 0 spiro atoms. The summed E-state index contributed by atoms with van der Waals surface area (Å²) in [6.07, 6.45) is 0. The molecule has 0 saturated heterocycles. The highest BCUT2D eigenvalue weighted by Gasteiger charge is 2.17. The molecule has 1 aromatic rings. The molecule has 0 heterocycles. The zero-order chi connectivity index (χ0) is 14.4. The second-order valence-corrected chi connectivity index (χ2v) is 4.21. The Bertz CT molecular complexity index is 468. The fourth-order valence-corrected chi connectivity index (χ4v) is 1.61. The van der Waals surface area contributed by atoms with Gasteiger partial charge >= 0.3 is 0 Å². The molecule has 1 rings (SSSR count). The Labute approximate surface area is 114 Å². The quantitative estimate of drug-likeness (QED) is 0.493. The molecule has 0 saturated carbocycles. The van der Waals surface area contributed by atoms with Crippen molar-refractivity contribution < 1.29 is 4.74 Å². The van der Waals surface area contributed by atoms with Crippen LogP contribution in [0.15, 0.2) is 41.5 Å². The van der Waals surface area contributed by atoms with Gasteiger partial charge in [0.2, 0.25) is 0 Å². The van der Waals surface area contributed by atoms with Crippen molar-refractivity contribution in [1.82, 2.24) is 4.90 Å². The molecule has 19 heavy (non-hydrogen) atoms. The van der Waals surface area contributed by atoms with Gasteiger partial charge in [0.05, 0.1) is 0 Å². The van der Waals surface area contributed by atoms with Crippen LogP contribution in [0.3, 0.4) is 0 Å². The molecule has 0 bridgehead atoms. The molecule has 0 radical (unpaired) electrons. The van der Waals surface area contributed by atoms with E-state index in [-0.39, 0.29) is 6.04 Å². The van der Waals surface area contributed by atoms with Gasteiger partial charge in [-0.3, -0.25) is 4.90 Å². The number of rotatable bonds is 4. The highest BCUT2D eigenvalue weighted by atomic mass is 16.5. The Morgan fingerprint density at radius 3 is 2.68 bits per heavy atom. The van der Waals surface area contributed by atoms with Gasteiger partial charge in [-0.1, -0.05) is 12.6 Å². The van der Waals surface area contributed by atoms with Gasteiger partial charge in [-0.15, -0.1) is 0 Å². The van der Waals surface area contributed by atoms with Crippen LogP contribution in [-0.2, 0) is 0 Å². The lowest BCUT2D eigenvalue weighted by atomic mass is 10.2. The standard InChI is InChI=1S/C14H22N4O/c1-5-18(11(3)10(2)15)14(17-4)19-13-8-6-7-12(16)9-13/h6-10H,3,5,15-16H2,1-2,4H3. The lowest BCUT2D eigenvalue weighted by molar-refractivity contribution is 0.389. The zero-order valence-corrected chi connectivity index (χ0v) is 11.8. The maximum absolute atomic E-state index is 5.85. The number of benzene rings is 1. The zero-order valence-electron chi connectivity index (χ0n) is 11.8. The summed E-state index contributed by atoms with van der Waals surface area (Å²) in [4.78, 5) is 5.99. The number of hydrogen-bond acceptors (Lipinski definition) is 4. The van der Waals surface area contributed by atoms with Gasteiger partial charge in [0, 0.05) is 37.1 Å². The first-order valence-corrected chi connectivity index (χ1v) is 6.21. The molecule has 0 aromatic heterocycles. The molecule has 1 atom stereocenters. The number of nitrogens with two attached hydrogens (primary N) is 2. The summed E-state index contributed by atoms with van der Waals surface area (Å²) < 4.78 is 5.75. The molecule has 0 fully saturated rings. The van der Waals surface area contributed by atoms with Crippen LogP contribution in [0.25, 0.3) is 0 Å². The van der Waals surface area contributed by atoms with Crippen LogP contribution in [0.2, 0.25) is 0 Å². The SMILES string of the molecule is C=C(C(C)N)N(CC)C(=NC)Oc1cccc(N)c1. The summed E-state index contributed by atoms with van der Waals surface area (Å²) in [6.45, 7) is 8.51. The van der Waals surface area contributed by atoms with E-state index in [1.165, 1.54) is 0 Å². The van der Waals surface area contributed by atoms with E-state index in [2.05, 4.69) is 11.6 Å². The minimum atomic E-state index is -0.166. The summed E-state index contributed by atoms with van der Waals surface area (Å²) in [6, 6.07) is 7.48. The molecular formula is C14H22N4O. The first-order chi connectivity index (χ1) is 8.99. The highest BCUT2D eigenvalue weighted by molar-refractivity contribution is 5.78. The Hall–Kier alpha value is -2.01. The first-order valence-electron chi connectivity index (χ1n) is 6.21. The molecule has 1 aromatic carbocycles. The van der Waals surface area contributed by atoms with E-state index in [9.17, 15) is 0 Å². The van der Waals surface area contributed by atoms with E-state index in [0.717, 1.165) is 5.70 Å². The third kappa shape index (κ3) is 3.99. The van der Waals surface area contributed by atoms with Gasteiger partial charge in [0.15, 0.2) is 0 Å². The average molecular weight is 262 g/mol. The van der Waals surface area contributed by atoms with Crippen LogP contribution in [-0.4, -0.2) is 30.6 Å². The van der Waals surface area contributed by atoms with Crippen molar-refractivity contribution in [2.24, 2.45) is 10.7 Å². The maximum Gasteiger partial charge on any atom is 0.296 e. The Morgan fingerprint density at radius 2 is 2.21 bits per heavy atom. The lowest BCUT2D eigenvalue weighted by Crippen LogP contribution is -2.39. The summed E-state index contributed by atoms with van der Waals surface area (Å²) in [5, 5.41) is 0. The topological polar surface area (TPSA) is 76.9 Å². The van der Waals surface area contributed by atoms with E-state index in [4.69, 9.17) is 16.2 Å². The van der Waals surface area contributed by atoms with Gasteiger partial charge in [0.1, 0.15) is 5.75 Å². The van der Waals surface area contributed by atoms with Crippen LogP contribution in [0, 0.1) is 0 Å². The maximum atomic E-state index is 5.85. The van der Waals surface area contributed by atoms with E-state index in [1.54, 1.807) is 19.2 Å². The van der Waals surface area contributed by atoms with Gasteiger partial charge in [-0.05, 0) is 26.0 Å². The van der Waals surface area contributed by atoms with Gasteiger partial charge in [-0.25, -0.2) is 4.99 Å². The predicted molar refractivity (Wildman–Crippen MR) is 80.0 cm³/mol. The Balaban J connectivity index is 2.91. The van der Waals surface area contributed by atoms with E-state index >= 15 is 0 Å². The Kier molecular flexibility index (Phi) is 5.38. The Morgan fingerprint density at radius 1 is 1.53 bits per heavy atom. The molecule has 0 aliphatic heterocycles. The van der Waals surface area contributed by atoms with Crippen molar-refractivity contribution in [2.45, 2.75) is 19.9 Å². The fraction of sp³-hybridized carbons (Fsp3) is 0.357. The first kappa shape index (κ1) is 15.0. The summed E-state index contributed by atoms with van der Waals surface area (Å²) in [5.41, 5.74) is 13.0. The lowest BCUT2D eigenvalue weighted by Gasteiger charge is -2.27. The number of hydrogen-bond donors (Lipinski definition) is 2. The number of aliphatic imine (C=N–C) groups is 1. The molecule has 4 N–H and O–H groups in total. The molecule has 1 unspecified atom stereocenters. The monoisotopic (exact) mass is 262 g/mol. The van der Waals surface area contributed by atoms with Crippen LogP contribution in [0.4, 0.5) is 5.69 Å². The average Bonchev–Trinajstić information content (AvgIpc) is 2.38. The largest absolute Gasteiger partial charge is 0.426 e. The molecule has 0 aliphatic carbocycles. The fourth-order valence-electron chi connectivity index (χ4n) is 1.61. The van der Waals surface area contributed by atoms with Crippen molar-refractivity contribution in [3.63, 3.8) is 0 Å². The molecule has 5 nitrogen and oxygen atoms in total. The number of nitrogen functional groups attached to an aromatic ring is 1. The third-order valence-electron chi connectivity index (χ3n) is 2.68. The van der Waals surface area contributed by atoms with E-state index in [1.807, 2.05) is 30.9 Å². The highest BCUT2D eigenvalue weighted by Crippen LogP contribution is 2.17. The van der Waals surface area contributed by atoms with Crippen LogP contribution < -0.4 is 16.2 Å². The van der Waals surface area contributed by atoms with E-state index < -0.39 is 0 Å². The molecule has 104 valence electrons.